The van der Waals surface area contributed by atoms with Gasteiger partial charge in [0.15, 0.2) is 0 Å². The smallest absolute Gasteiger partial charge is 0.444 e. The van der Waals surface area contributed by atoms with Gasteiger partial charge in [0.05, 0.1) is 0 Å². The molecule has 0 unspecified atom stereocenters. The summed E-state index contributed by atoms with van der Waals surface area (Å²) in [5.41, 5.74) is 14.9. The number of nitrogen functional groups attached to an aromatic ring is 2. The maximum Gasteiger partial charge on any atom is 1.00 e. The summed E-state index contributed by atoms with van der Waals surface area (Å²) in [6.07, 6.45) is 0. The minimum atomic E-state index is 0. The van der Waals surface area contributed by atoms with E-state index in [1.165, 1.54) is 22.3 Å². The van der Waals surface area contributed by atoms with Gasteiger partial charge in [0, 0.05) is 11.4 Å². The van der Waals surface area contributed by atoms with Gasteiger partial charge in [-0.05, 0) is 74.2 Å². The molecule has 0 amide bonds. The van der Waals surface area contributed by atoms with E-state index in [1.807, 2.05) is 52.0 Å². The number of nitrogens with zero attached hydrogens (tertiary/aromatic N) is 1. The summed E-state index contributed by atoms with van der Waals surface area (Å²) in [5.74, 6) is 5.24. The molecule has 0 aliphatic rings. The van der Waals surface area contributed by atoms with E-state index in [-0.39, 0.29) is 54.4 Å². The third-order valence-electron chi connectivity index (χ3n) is 2.63. The van der Waals surface area contributed by atoms with Crippen LogP contribution in [0.3, 0.4) is 0 Å². The van der Waals surface area contributed by atoms with E-state index in [0.29, 0.717) is 0 Å². The Kier molecular flexibility index (Phi) is 22.6. The summed E-state index contributed by atoms with van der Waals surface area (Å²) in [6.45, 7) is 8.19. The third-order valence-corrected chi connectivity index (χ3v) is 2.63. The van der Waals surface area contributed by atoms with Crippen molar-refractivity contribution < 1.29 is 29.6 Å². The summed E-state index contributed by atoms with van der Waals surface area (Å²) in [4.78, 5) is 8.00. The van der Waals surface area contributed by atoms with Crippen LogP contribution in [-0.4, -0.2) is 0 Å². The average Bonchev–Trinajstić information content (AvgIpc) is 2.37. The molecule has 0 heterocycles. The molecule has 0 saturated heterocycles. The van der Waals surface area contributed by atoms with Crippen molar-refractivity contribution in [2.24, 2.45) is 11.2 Å². The first-order valence-electron chi connectivity index (χ1n) is 6.66. The zero-order valence-electron chi connectivity index (χ0n) is 15.2. The van der Waals surface area contributed by atoms with Crippen LogP contribution in [0.5, 0.6) is 0 Å². The van der Waals surface area contributed by atoms with Crippen LogP contribution in [0, 0.1) is 37.8 Å². The van der Waals surface area contributed by atoms with Crippen molar-refractivity contribution >= 4 is 36.2 Å². The number of aryl methyl sites for hydroxylation is 4. The molecule has 0 bridgehead atoms. The third kappa shape index (κ3) is 16.2. The fraction of sp³-hybridized carbons (Fsp3) is 0.250. The predicted molar refractivity (Wildman–Crippen MR) is 108 cm³/mol. The zero-order valence-corrected chi connectivity index (χ0v) is 18.8. The Bertz CT molecular complexity index is 546. The van der Waals surface area contributed by atoms with Crippen LogP contribution in [0.2, 0.25) is 0 Å². The molecule has 2 aromatic carbocycles. The molecule has 136 valence electrons. The largest absolute Gasteiger partial charge is 1.00 e. The van der Waals surface area contributed by atoms with E-state index in [2.05, 4.69) is 17.6 Å². The van der Waals surface area contributed by atoms with Crippen molar-refractivity contribution in [2.75, 3.05) is 11.2 Å². The van der Waals surface area contributed by atoms with Gasteiger partial charge in [-0.2, -0.15) is 0 Å². The fourth-order valence-corrected chi connectivity index (χ4v) is 2.07. The van der Waals surface area contributed by atoms with Gasteiger partial charge in [-0.3, -0.25) is 5.84 Å². The standard InChI is InChI=1S/C8H12N2.C8H11N.2ClH.HNO2.Na/c1-6-3-7(2)5-8(4-6)10-9;1-6-3-7(2)5-8(9)4-6;;;2-1-3;/h3-5,10H,9H2,1-2H3;3-5H,9H2,1-2H3;2*1H;(H,2,3);/q;;;;;+1/p-1. The molecule has 2 aromatic rings. The monoisotopic (exact) mass is 398 g/mol. The van der Waals surface area contributed by atoms with Crippen molar-refractivity contribution in [3.63, 3.8) is 0 Å². The molecule has 25 heavy (non-hydrogen) atoms. The van der Waals surface area contributed by atoms with Gasteiger partial charge in [0.1, 0.15) is 0 Å². The van der Waals surface area contributed by atoms with Gasteiger partial charge < -0.3 is 21.3 Å². The molecule has 5 N–H and O–H groups in total. The number of hydrazine groups is 1. The van der Waals surface area contributed by atoms with Gasteiger partial charge in [-0.25, -0.2) is 0 Å². The Balaban J connectivity index is -0.000000139. The Morgan fingerprint density at radius 1 is 0.840 bits per heavy atom. The first kappa shape index (κ1) is 31.7. The minimum absolute atomic E-state index is 0. The zero-order chi connectivity index (χ0) is 17.1. The van der Waals surface area contributed by atoms with Crippen molar-refractivity contribution in [3.8, 4) is 0 Å². The molecule has 0 saturated carbocycles. The molecule has 0 radical (unpaired) electrons. The quantitative estimate of drug-likeness (QED) is 0.221. The first-order valence-corrected chi connectivity index (χ1v) is 6.66. The molecule has 0 aromatic heterocycles. The van der Waals surface area contributed by atoms with Crippen LogP contribution in [0.1, 0.15) is 22.3 Å². The molecule has 0 spiro atoms. The number of halogens is 2. The van der Waals surface area contributed by atoms with E-state index in [4.69, 9.17) is 21.7 Å². The van der Waals surface area contributed by atoms with E-state index < -0.39 is 0 Å². The van der Waals surface area contributed by atoms with Gasteiger partial charge in [0.25, 0.3) is 0 Å². The number of anilines is 2. The maximum absolute atomic E-state index is 8.00. The van der Waals surface area contributed by atoms with E-state index in [1.54, 1.807) is 0 Å². The molecular formula is C16H25Cl2N4NaO2. The van der Waals surface area contributed by atoms with Crippen LogP contribution in [-0.2, 0) is 0 Å². The minimum Gasteiger partial charge on any atom is -0.444 e. The van der Waals surface area contributed by atoms with Crippen LogP contribution in [0.4, 0.5) is 11.4 Å². The number of nitrogens with one attached hydrogen (secondary N) is 1. The van der Waals surface area contributed by atoms with Crippen molar-refractivity contribution in [2.45, 2.75) is 27.7 Å². The average molecular weight is 399 g/mol. The van der Waals surface area contributed by atoms with Crippen LogP contribution >= 0.6 is 24.8 Å². The Morgan fingerprint density at radius 2 is 1.12 bits per heavy atom. The molecule has 6 nitrogen and oxygen atoms in total. The molecular weight excluding hydrogens is 374 g/mol. The SMILES string of the molecule is Cc1cc(C)cc(N)c1.Cc1cc(C)cc(NN)c1.Cl.Cl.O=N[O-].[Na+]. The second-order valence-electron chi connectivity index (χ2n) is 5.02. The summed E-state index contributed by atoms with van der Waals surface area (Å²) in [5, 5.41) is 9.00. The number of nitrogens with two attached hydrogens (primary N) is 2. The molecule has 0 aliphatic heterocycles. The topological polar surface area (TPSA) is 117 Å². The summed E-state index contributed by atoms with van der Waals surface area (Å²) in [6, 6.07) is 12.2. The summed E-state index contributed by atoms with van der Waals surface area (Å²) >= 11 is 0. The van der Waals surface area contributed by atoms with Crippen molar-refractivity contribution in [1.82, 2.24) is 0 Å². The number of benzene rings is 2. The molecule has 2 rings (SSSR count). The summed E-state index contributed by atoms with van der Waals surface area (Å²) in [7, 11) is 0. The summed E-state index contributed by atoms with van der Waals surface area (Å²) < 4.78 is 0. The van der Waals surface area contributed by atoms with Gasteiger partial charge in [-0.1, -0.05) is 12.1 Å². The number of hydrogen-bond acceptors (Lipinski definition) is 6. The molecule has 9 heteroatoms. The predicted octanol–water partition coefficient (Wildman–Crippen LogP) is 1.57. The molecule has 0 atom stereocenters. The number of rotatable bonds is 1. The molecule has 0 aliphatic carbocycles. The first-order chi connectivity index (χ1) is 10.3. The Morgan fingerprint density at radius 3 is 1.36 bits per heavy atom. The van der Waals surface area contributed by atoms with Crippen LogP contribution in [0.25, 0.3) is 0 Å². The normalized spacial score (nSPS) is 7.72. The van der Waals surface area contributed by atoms with Crippen molar-refractivity contribution in [1.29, 1.82) is 0 Å². The van der Waals surface area contributed by atoms with Gasteiger partial charge >= 0.3 is 29.6 Å². The number of hydrogen-bond donors (Lipinski definition) is 3. The van der Waals surface area contributed by atoms with Gasteiger partial charge in [0.2, 0.25) is 0 Å². The molecule has 0 fully saturated rings. The van der Waals surface area contributed by atoms with E-state index in [0.717, 1.165) is 16.7 Å². The van der Waals surface area contributed by atoms with Crippen LogP contribution in [0.15, 0.2) is 41.7 Å². The maximum atomic E-state index is 8.00. The van der Waals surface area contributed by atoms with Gasteiger partial charge in [-0.15, -0.1) is 30.2 Å². The second kappa shape index (κ2) is 17.8. The Labute approximate surface area is 183 Å². The van der Waals surface area contributed by atoms with E-state index >= 15 is 0 Å². The fourth-order valence-electron chi connectivity index (χ4n) is 2.07. The van der Waals surface area contributed by atoms with Crippen LogP contribution < -0.4 is 46.6 Å². The van der Waals surface area contributed by atoms with Crippen molar-refractivity contribution in [3.05, 3.63) is 68.8 Å². The van der Waals surface area contributed by atoms with E-state index in [9.17, 15) is 0 Å². The Hall–Kier alpha value is -1.02. The second-order valence-corrected chi connectivity index (χ2v) is 5.02.